The molecule has 2 aromatic carbocycles. The SMILES string of the molecule is Oc1cccc(-c2noc(COc3cccc(Cl)c3)n2)c1. The molecule has 3 rings (SSSR count). The van der Waals surface area contributed by atoms with Gasteiger partial charge in [-0.3, -0.25) is 0 Å². The number of halogens is 1. The van der Waals surface area contributed by atoms with Crippen molar-refractivity contribution in [2.75, 3.05) is 0 Å². The molecule has 0 aliphatic rings. The van der Waals surface area contributed by atoms with Crippen LogP contribution in [0.1, 0.15) is 5.89 Å². The van der Waals surface area contributed by atoms with Crippen LogP contribution in [0.4, 0.5) is 0 Å². The van der Waals surface area contributed by atoms with Crippen LogP contribution in [-0.2, 0) is 6.61 Å². The Bertz CT molecular complexity index is 758. The number of nitrogens with zero attached hydrogens (tertiary/aromatic N) is 2. The predicted molar refractivity (Wildman–Crippen MR) is 77.2 cm³/mol. The molecule has 1 N–H and O–H groups in total. The van der Waals surface area contributed by atoms with Gasteiger partial charge in [0.15, 0.2) is 6.61 Å². The molecule has 1 aromatic heterocycles. The van der Waals surface area contributed by atoms with Crippen molar-refractivity contribution in [2.45, 2.75) is 6.61 Å². The monoisotopic (exact) mass is 302 g/mol. The van der Waals surface area contributed by atoms with Crippen molar-refractivity contribution in [1.82, 2.24) is 10.1 Å². The van der Waals surface area contributed by atoms with Crippen molar-refractivity contribution in [1.29, 1.82) is 0 Å². The molecule has 0 radical (unpaired) electrons. The fourth-order valence-corrected chi connectivity index (χ4v) is 1.96. The minimum Gasteiger partial charge on any atom is -0.508 e. The maximum absolute atomic E-state index is 9.44. The molecule has 0 aliphatic heterocycles. The van der Waals surface area contributed by atoms with Crippen LogP contribution in [0, 0.1) is 0 Å². The van der Waals surface area contributed by atoms with E-state index >= 15 is 0 Å². The molecule has 0 fully saturated rings. The van der Waals surface area contributed by atoms with E-state index in [4.69, 9.17) is 20.9 Å². The van der Waals surface area contributed by atoms with E-state index in [0.717, 1.165) is 0 Å². The minimum absolute atomic E-state index is 0.145. The van der Waals surface area contributed by atoms with E-state index in [2.05, 4.69) is 10.1 Å². The lowest BCUT2D eigenvalue weighted by molar-refractivity contribution is 0.243. The van der Waals surface area contributed by atoms with E-state index in [1.165, 1.54) is 0 Å². The van der Waals surface area contributed by atoms with Crippen LogP contribution in [0.5, 0.6) is 11.5 Å². The van der Waals surface area contributed by atoms with Gasteiger partial charge >= 0.3 is 0 Å². The van der Waals surface area contributed by atoms with Crippen molar-refractivity contribution < 1.29 is 14.4 Å². The third-order valence-corrected chi connectivity index (χ3v) is 2.97. The molecular formula is C15H11ClN2O3. The molecule has 0 aliphatic carbocycles. The van der Waals surface area contributed by atoms with Crippen LogP contribution in [0.25, 0.3) is 11.4 Å². The van der Waals surface area contributed by atoms with Crippen LogP contribution in [0.2, 0.25) is 5.02 Å². The summed E-state index contributed by atoms with van der Waals surface area (Å²) in [4.78, 5) is 4.21. The van der Waals surface area contributed by atoms with Crippen molar-refractivity contribution >= 4 is 11.6 Å². The van der Waals surface area contributed by atoms with Gasteiger partial charge in [0.2, 0.25) is 5.82 Å². The number of rotatable bonds is 4. The third kappa shape index (κ3) is 3.32. The van der Waals surface area contributed by atoms with E-state index < -0.39 is 0 Å². The second-order valence-corrected chi connectivity index (χ2v) is 4.74. The van der Waals surface area contributed by atoms with E-state index in [-0.39, 0.29) is 12.4 Å². The topological polar surface area (TPSA) is 68.4 Å². The van der Waals surface area contributed by atoms with Gasteiger partial charge < -0.3 is 14.4 Å². The molecule has 0 saturated heterocycles. The van der Waals surface area contributed by atoms with E-state index in [1.807, 2.05) is 0 Å². The van der Waals surface area contributed by atoms with Gasteiger partial charge in [0.25, 0.3) is 5.89 Å². The number of ether oxygens (including phenoxy) is 1. The van der Waals surface area contributed by atoms with Crippen LogP contribution in [0.15, 0.2) is 53.1 Å². The Morgan fingerprint density at radius 2 is 2.00 bits per heavy atom. The Hall–Kier alpha value is -2.53. The zero-order chi connectivity index (χ0) is 14.7. The lowest BCUT2D eigenvalue weighted by Crippen LogP contribution is -1.95. The molecule has 0 saturated carbocycles. The highest BCUT2D eigenvalue weighted by atomic mass is 35.5. The van der Waals surface area contributed by atoms with Crippen molar-refractivity contribution in [3.63, 3.8) is 0 Å². The molecule has 106 valence electrons. The average Bonchev–Trinajstić information content (AvgIpc) is 2.94. The molecule has 5 nitrogen and oxygen atoms in total. The number of phenolic OH excluding ortho intramolecular Hbond substituents is 1. The van der Waals surface area contributed by atoms with Crippen LogP contribution < -0.4 is 4.74 Å². The quantitative estimate of drug-likeness (QED) is 0.796. The Morgan fingerprint density at radius 3 is 2.81 bits per heavy atom. The second-order valence-electron chi connectivity index (χ2n) is 4.31. The number of hydrogen-bond acceptors (Lipinski definition) is 5. The summed E-state index contributed by atoms with van der Waals surface area (Å²) in [7, 11) is 0. The lowest BCUT2D eigenvalue weighted by atomic mass is 10.2. The van der Waals surface area contributed by atoms with Gasteiger partial charge in [0.1, 0.15) is 11.5 Å². The maximum atomic E-state index is 9.44. The molecular weight excluding hydrogens is 292 g/mol. The normalized spacial score (nSPS) is 10.5. The smallest absolute Gasteiger partial charge is 0.264 e. The number of phenols is 1. The van der Waals surface area contributed by atoms with Gasteiger partial charge in [-0.05, 0) is 30.3 Å². The summed E-state index contributed by atoms with van der Waals surface area (Å²) >= 11 is 5.87. The summed E-state index contributed by atoms with van der Waals surface area (Å²) in [5.41, 5.74) is 0.674. The van der Waals surface area contributed by atoms with Crippen LogP contribution in [-0.4, -0.2) is 15.2 Å². The van der Waals surface area contributed by atoms with Crippen molar-refractivity contribution in [2.24, 2.45) is 0 Å². The fraction of sp³-hybridized carbons (Fsp3) is 0.0667. The highest BCUT2D eigenvalue weighted by Crippen LogP contribution is 2.21. The Morgan fingerprint density at radius 1 is 1.14 bits per heavy atom. The highest BCUT2D eigenvalue weighted by molar-refractivity contribution is 6.30. The first-order chi connectivity index (χ1) is 10.2. The molecule has 21 heavy (non-hydrogen) atoms. The Labute approximate surface area is 125 Å². The largest absolute Gasteiger partial charge is 0.508 e. The number of benzene rings is 2. The average molecular weight is 303 g/mol. The van der Waals surface area contributed by atoms with E-state index in [0.29, 0.717) is 28.1 Å². The number of hydrogen-bond donors (Lipinski definition) is 1. The minimum atomic E-state index is 0.145. The molecule has 0 amide bonds. The predicted octanol–water partition coefficient (Wildman–Crippen LogP) is 3.67. The Balaban J connectivity index is 1.71. The van der Waals surface area contributed by atoms with Crippen LogP contribution >= 0.6 is 11.6 Å². The fourth-order valence-electron chi connectivity index (χ4n) is 1.78. The second kappa shape index (κ2) is 5.85. The molecule has 3 aromatic rings. The summed E-state index contributed by atoms with van der Waals surface area (Å²) in [5.74, 6) is 1.51. The van der Waals surface area contributed by atoms with Gasteiger partial charge in [0, 0.05) is 10.6 Å². The van der Waals surface area contributed by atoms with Gasteiger partial charge in [-0.15, -0.1) is 0 Å². The van der Waals surface area contributed by atoms with Crippen molar-refractivity contribution in [3.8, 4) is 22.9 Å². The van der Waals surface area contributed by atoms with E-state index in [1.54, 1.807) is 48.5 Å². The van der Waals surface area contributed by atoms with Crippen LogP contribution in [0.3, 0.4) is 0 Å². The van der Waals surface area contributed by atoms with Gasteiger partial charge in [0.05, 0.1) is 0 Å². The zero-order valence-electron chi connectivity index (χ0n) is 10.9. The first kappa shape index (κ1) is 13.5. The number of aromatic hydroxyl groups is 1. The molecule has 1 heterocycles. The van der Waals surface area contributed by atoms with Gasteiger partial charge in [-0.25, -0.2) is 0 Å². The first-order valence-electron chi connectivity index (χ1n) is 6.21. The van der Waals surface area contributed by atoms with E-state index in [9.17, 15) is 5.11 Å². The zero-order valence-corrected chi connectivity index (χ0v) is 11.6. The van der Waals surface area contributed by atoms with Gasteiger partial charge in [-0.1, -0.05) is 35.0 Å². The molecule has 0 unspecified atom stereocenters. The molecule has 0 bridgehead atoms. The summed E-state index contributed by atoms with van der Waals surface area (Å²) in [6.45, 7) is 0.145. The van der Waals surface area contributed by atoms with Crippen molar-refractivity contribution in [3.05, 3.63) is 59.4 Å². The summed E-state index contributed by atoms with van der Waals surface area (Å²) in [6.07, 6.45) is 0. The molecule has 0 spiro atoms. The molecule has 0 atom stereocenters. The Kier molecular flexibility index (Phi) is 3.75. The number of aromatic nitrogens is 2. The highest BCUT2D eigenvalue weighted by Gasteiger charge is 2.09. The standard InChI is InChI=1S/C15H11ClN2O3/c16-11-4-2-6-13(8-11)20-9-14-17-15(18-21-14)10-3-1-5-12(19)7-10/h1-8,19H,9H2. The van der Waals surface area contributed by atoms with Gasteiger partial charge in [-0.2, -0.15) is 4.98 Å². The molecule has 6 heteroatoms. The summed E-state index contributed by atoms with van der Waals surface area (Å²) in [6, 6.07) is 13.7. The third-order valence-electron chi connectivity index (χ3n) is 2.73. The lowest BCUT2D eigenvalue weighted by Gasteiger charge is -2.02. The first-order valence-corrected chi connectivity index (χ1v) is 6.59. The summed E-state index contributed by atoms with van der Waals surface area (Å²) in [5, 5.41) is 13.9. The maximum Gasteiger partial charge on any atom is 0.264 e. The summed E-state index contributed by atoms with van der Waals surface area (Å²) < 4.78 is 10.6.